The Kier molecular flexibility index (Phi) is 13.1. The van der Waals surface area contributed by atoms with Crippen LogP contribution < -0.4 is 15.4 Å². The van der Waals surface area contributed by atoms with Crippen LogP contribution in [0.2, 0.25) is 5.02 Å². The summed E-state index contributed by atoms with van der Waals surface area (Å²) >= 11 is 6.32. The highest BCUT2D eigenvalue weighted by atomic mass is 127. The summed E-state index contributed by atoms with van der Waals surface area (Å²) in [7, 11) is 1.63. The second-order valence-electron chi connectivity index (χ2n) is 7.00. The number of hydrogen-bond donors (Lipinski definition) is 2. The standard InChI is InChI=1S/C24H33ClN4O2.HI/c1-5-26-24(27-15-14-19-12-13-21(31-4)16-22(19)25)28-17-18-8-10-20(11-9-18)23(30)29(6-2)7-3;/h8-13,16H,5-7,14-15,17H2,1-4H3,(H2,26,27,28);1H. The van der Waals surface area contributed by atoms with Gasteiger partial charge in [-0.1, -0.05) is 29.8 Å². The van der Waals surface area contributed by atoms with Crippen LogP contribution in [0.5, 0.6) is 5.75 Å². The van der Waals surface area contributed by atoms with Gasteiger partial charge >= 0.3 is 0 Å². The molecule has 0 fully saturated rings. The number of hydrogen-bond acceptors (Lipinski definition) is 3. The smallest absolute Gasteiger partial charge is 0.253 e. The first kappa shape index (κ1) is 28.0. The molecule has 0 spiro atoms. The fraction of sp³-hybridized carbons (Fsp3) is 0.417. The van der Waals surface area contributed by atoms with Crippen molar-refractivity contribution >= 4 is 47.4 Å². The van der Waals surface area contributed by atoms with Crippen molar-refractivity contribution in [2.24, 2.45) is 4.99 Å². The zero-order valence-corrected chi connectivity index (χ0v) is 22.4. The summed E-state index contributed by atoms with van der Waals surface area (Å²) in [6.07, 6.45) is 0.773. The van der Waals surface area contributed by atoms with Crippen LogP contribution >= 0.6 is 35.6 Å². The SMILES string of the molecule is CCNC(=NCc1ccc(C(=O)N(CC)CC)cc1)NCCc1ccc(OC)cc1Cl.I. The molecule has 0 aliphatic heterocycles. The van der Waals surface area contributed by atoms with Gasteiger partial charge in [0.05, 0.1) is 13.7 Å². The van der Waals surface area contributed by atoms with E-state index in [2.05, 4.69) is 15.6 Å². The number of benzene rings is 2. The number of nitrogens with one attached hydrogen (secondary N) is 2. The number of nitrogens with zero attached hydrogens (tertiary/aromatic N) is 2. The molecular formula is C24H34ClIN4O2. The molecule has 2 aromatic carbocycles. The average Bonchev–Trinajstić information content (AvgIpc) is 2.79. The van der Waals surface area contributed by atoms with Crippen LogP contribution in [0.15, 0.2) is 47.5 Å². The molecule has 0 saturated carbocycles. The fourth-order valence-electron chi connectivity index (χ4n) is 3.13. The molecule has 2 aromatic rings. The monoisotopic (exact) mass is 572 g/mol. The third kappa shape index (κ3) is 8.50. The molecule has 0 unspecified atom stereocenters. The first-order valence-electron chi connectivity index (χ1n) is 10.7. The van der Waals surface area contributed by atoms with Gasteiger partial charge in [0, 0.05) is 36.8 Å². The zero-order chi connectivity index (χ0) is 22.6. The van der Waals surface area contributed by atoms with Gasteiger partial charge in [0.15, 0.2) is 5.96 Å². The second-order valence-corrected chi connectivity index (χ2v) is 7.41. The molecule has 0 saturated heterocycles. The first-order chi connectivity index (χ1) is 15.0. The van der Waals surface area contributed by atoms with Crippen molar-refractivity contribution in [1.82, 2.24) is 15.5 Å². The van der Waals surface area contributed by atoms with Gasteiger partial charge in [-0.2, -0.15) is 0 Å². The minimum atomic E-state index is 0. The van der Waals surface area contributed by atoms with Crippen molar-refractivity contribution in [2.75, 3.05) is 33.3 Å². The highest BCUT2D eigenvalue weighted by molar-refractivity contribution is 14.0. The Bertz CT molecular complexity index is 871. The Morgan fingerprint density at radius 3 is 2.31 bits per heavy atom. The predicted octanol–water partition coefficient (Wildman–Crippen LogP) is 4.75. The van der Waals surface area contributed by atoms with E-state index in [1.165, 1.54) is 0 Å². The van der Waals surface area contributed by atoms with Gasteiger partial charge < -0.3 is 20.3 Å². The minimum Gasteiger partial charge on any atom is -0.497 e. The number of carbonyl (C=O) groups is 1. The van der Waals surface area contributed by atoms with E-state index >= 15 is 0 Å². The Balaban J connectivity index is 0.00000512. The van der Waals surface area contributed by atoms with Crippen molar-refractivity contribution in [3.63, 3.8) is 0 Å². The number of amides is 1. The van der Waals surface area contributed by atoms with Crippen LogP contribution in [0.3, 0.4) is 0 Å². The molecule has 176 valence electrons. The summed E-state index contributed by atoms with van der Waals surface area (Å²) in [5, 5.41) is 7.30. The number of rotatable bonds is 10. The van der Waals surface area contributed by atoms with Crippen LogP contribution in [0.4, 0.5) is 0 Å². The molecule has 0 aromatic heterocycles. The van der Waals surface area contributed by atoms with Gasteiger partial charge in [0.2, 0.25) is 0 Å². The normalized spacial score (nSPS) is 10.8. The Hall–Kier alpha value is -2.00. The van der Waals surface area contributed by atoms with Crippen LogP contribution in [0.25, 0.3) is 0 Å². The molecule has 2 rings (SSSR count). The molecule has 8 heteroatoms. The minimum absolute atomic E-state index is 0. The summed E-state index contributed by atoms with van der Waals surface area (Å²) in [5.41, 5.74) is 2.81. The van der Waals surface area contributed by atoms with Crippen molar-refractivity contribution in [1.29, 1.82) is 0 Å². The van der Waals surface area contributed by atoms with Crippen LogP contribution in [0.1, 0.15) is 42.3 Å². The summed E-state index contributed by atoms with van der Waals surface area (Å²) in [6.45, 7) is 9.43. The maximum atomic E-state index is 12.4. The van der Waals surface area contributed by atoms with Gasteiger partial charge in [-0.25, -0.2) is 4.99 Å². The van der Waals surface area contributed by atoms with E-state index in [-0.39, 0.29) is 29.9 Å². The van der Waals surface area contributed by atoms with Crippen LogP contribution in [0, 0.1) is 0 Å². The van der Waals surface area contributed by atoms with E-state index in [9.17, 15) is 4.79 Å². The highest BCUT2D eigenvalue weighted by Crippen LogP contribution is 2.22. The molecular weight excluding hydrogens is 539 g/mol. The quantitative estimate of drug-likeness (QED) is 0.245. The Morgan fingerprint density at radius 2 is 1.75 bits per heavy atom. The number of halogens is 2. The Labute approximate surface area is 213 Å². The molecule has 0 radical (unpaired) electrons. The summed E-state index contributed by atoms with van der Waals surface area (Å²) in [5.74, 6) is 1.56. The molecule has 0 bridgehead atoms. The first-order valence-corrected chi connectivity index (χ1v) is 11.1. The number of carbonyl (C=O) groups excluding carboxylic acids is 1. The summed E-state index contributed by atoms with van der Waals surface area (Å²) < 4.78 is 5.19. The Morgan fingerprint density at radius 1 is 1.06 bits per heavy atom. The second kappa shape index (κ2) is 14.9. The summed E-state index contributed by atoms with van der Waals surface area (Å²) in [6, 6.07) is 13.4. The highest BCUT2D eigenvalue weighted by Gasteiger charge is 2.11. The summed E-state index contributed by atoms with van der Waals surface area (Å²) in [4.78, 5) is 18.9. The lowest BCUT2D eigenvalue weighted by Gasteiger charge is -2.18. The predicted molar refractivity (Wildman–Crippen MR) is 144 cm³/mol. The molecule has 0 atom stereocenters. The van der Waals surface area contributed by atoms with E-state index in [1.807, 2.05) is 68.1 Å². The number of aliphatic imine (C=N–C) groups is 1. The lowest BCUT2D eigenvalue weighted by molar-refractivity contribution is 0.0773. The topological polar surface area (TPSA) is 66.0 Å². The number of ether oxygens (including phenoxy) is 1. The van der Waals surface area contributed by atoms with E-state index < -0.39 is 0 Å². The molecule has 6 nitrogen and oxygen atoms in total. The third-order valence-corrected chi connectivity index (χ3v) is 5.31. The van der Waals surface area contributed by atoms with E-state index in [1.54, 1.807) is 7.11 Å². The number of methoxy groups -OCH3 is 1. The van der Waals surface area contributed by atoms with Crippen LogP contribution in [-0.4, -0.2) is 50.1 Å². The van der Waals surface area contributed by atoms with Gasteiger partial charge in [-0.05, 0) is 62.6 Å². The molecule has 0 aliphatic rings. The maximum absolute atomic E-state index is 12.4. The van der Waals surface area contributed by atoms with Crippen molar-refractivity contribution < 1.29 is 9.53 Å². The fourth-order valence-corrected chi connectivity index (χ4v) is 3.40. The average molecular weight is 573 g/mol. The van der Waals surface area contributed by atoms with Gasteiger partial charge in [-0.3, -0.25) is 4.79 Å². The van der Waals surface area contributed by atoms with Crippen molar-refractivity contribution in [2.45, 2.75) is 33.7 Å². The number of guanidine groups is 1. The third-order valence-electron chi connectivity index (χ3n) is 4.96. The van der Waals surface area contributed by atoms with E-state index in [0.717, 1.165) is 35.8 Å². The van der Waals surface area contributed by atoms with E-state index in [4.69, 9.17) is 16.3 Å². The lowest BCUT2D eigenvalue weighted by Crippen LogP contribution is -2.38. The molecule has 32 heavy (non-hydrogen) atoms. The van der Waals surface area contributed by atoms with E-state index in [0.29, 0.717) is 36.8 Å². The van der Waals surface area contributed by atoms with Gasteiger partial charge in [0.25, 0.3) is 5.91 Å². The largest absolute Gasteiger partial charge is 0.497 e. The van der Waals surface area contributed by atoms with Crippen LogP contribution in [-0.2, 0) is 13.0 Å². The zero-order valence-electron chi connectivity index (χ0n) is 19.3. The lowest BCUT2D eigenvalue weighted by atomic mass is 10.1. The molecule has 0 aliphatic carbocycles. The van der Waals surface area contributed by atoms with Crippen molar-refractivity contribution in [3.05, 3.63) is 64.2 Å². The maximum Gasteiger partial charge on any atom is 0.253 e. The molecule has 0 heterocycles. The van der Waals surface area contributed by atoms with Crippen molar-refractivity contribution in [3.8, 4) is 5.75 Å². The van der Waals surface area contributed by atoms with Gasteiger partial charge in [-0.15, -0.1) is 24.0 Å². The van der Waals surface area contributed by atoms with Gasteiger partial charge in [0.1, 0.15) is 5.75 Å². The molecule has 1 amide bonds. The molecule has 2 N–H and O–H groups in total.